The van der Waals surface area contributed by atoms with Gasteiger partial charge in [0.2, 0.25) is 0 Å². The minimum atomic E-state index is -0.743. The Morgan fingerprint density at radius 1 is 1.22 bits per heavy atom. The highest BCUT2D eigenvalue weighted by atomic mass is 35.5. The lowest BCUT2D eigenvalue weighted by Gasteiger charge is -2.23. The largest absolute Gasteiger partial charge is 0.489 e. The Hall–Kier alpha value is -3.72. The Balaban J connectivity index is 1.63. The first-order valence-corrected chi connectivity index (χ1v) is 14.5. The van der Waals surface area contributed by atoms with E-state index in [1.807, 2.05) is 25.1 Å². The van der Waals surface area contributed by atoms with Crippen molar-refractivity contribution in [3.8, 4) is 29.0 Å². The fraction of sp³-hybridized carbons (Fsp3) is 0.345. The second-order valence-corrected chi connectivity index (χ2v) is 11.7. The number of nitriles is 1. The van der Waals surface area contributed by atoms with Crippen molar-refractivity contribution in [1.82, 2.24) is 14.9 Å². The first kappa shape index (κ1) is 27.4. The first-order valence-electron chi connectivity index (χ1n) is 13.3. The molecule has 2 aromatic heterocycles. The van der Waals surface area contributed by atoms with Crippen LogP contribution in [0.5, 0.6) is 11.8 Å². The predicted molar refractivity (Wildman–Crippen MR) is 158 cm³/mol. The number of rotatable bonds is 4. The molecular weight excluding hydrogens is 570 g/mol. The minimum absolute atomic E-state index is 0.00925. The van der Waals surface area contributed by atoms with Gasteiger partial charge in [-0.3, -0.25) is 0 Å². The second kappa shape index (κ2) is 10.9. The zero-order chi connectivity index (χ0) is 28.8. The number of nitrogens with zero attached hydrogens (tertiary/aromatic N) is 5. The van der Waals surface area contributed by atoms with Gasteiger partial charge in [-0.25, -0.2) is 8.78 Å². The zero-order valence-electron chi connectivity index (χ0n) is 22.5. The summed E-state index contributed by atoms with van der Waals surface area (Å²) in [7, 11) is 3.99. The normalized spacial score (nSPS) is 17.7. The molecule has 2 aromatic carbocycles. The summed E-state index contributed by atoms with van der Waals surface area (Å²) in [5, 5.41) is 10.5. The molecule has 1 unspecified atom stereocenters. The van der Waals surface area contributed by atoms with Crippen molar-refractivity contribution in [3.63, 3.8) is 0 Å². The SMILES string of the molecule is CN(C)CCC1C/C=C\CCN2CCOc3c(Cl)c(-c4ccc(F)c5sc(N)c(C#N)c45)c(F)c4nc(nc2c34)O1. The predicted octanol–water partition coefficient (Wildman–Crippen LogP) is 6.14. The van der Waals surface area contributed by atoms with Crippen LogP contribution in [0.25, 0.3) is 32.1 Å². The van der Waals surface area contributed by atoms with Crippen LogP contribution in [0.3, 0.4) is 0 Å². The summed E-state index contributed by atoms with van der Waals surface area (Å²) < 4.78 is 44.2. The molecule has 1 atom stereocenters. The average Bonchev–Trinajstić information content (AvgIpc) is 3.16. The number of nitrogen functional groups attached to an aromatic ring is 1. The van der Waals surface area contributed by atoms with Gasteiger partial charge in [0.15, 0.2) is 11.6 Å². The third-order valence-corrected chi connectivity index (χ3v) is 8.74. The standard InChI is InChI=1S/C29H27ClF2N6O2S/c1-37(2)11-9-15-6-4-3-5-10-38-12-13-39-25-21-24(35-29(40-15)36-28(21)38)23(32)20(22(25)30)16-7-8-18(31)26-19(16)17(14-33)27(34)41-26/h3-4,7-8,15H,5-6,9-13,34H2,1-2H3/b4-3-. The van der Waals surface area contributed by atoms with E-state index in [0.29, 0.717) is 30.7 Å². The van der Waals surface area contributed by atoms with Crippen LogP contribution in [0.15, 0.2) is 24.3 Å². The van der Waals surface area contributed by atoms with E-state index >= 15 is 4.39 Å². The van der Waals surface area contributed by atoms with Gasteiger partial charge in [-0.05, 0) is 38.6 Å². The summed E-state index contributed by atoms with van der Waals surface area (Å²) in [6.07, 6.45) is 6.15. The molecule has 0 fully saturated rings. The summed E-state index contributed by atoms with van der Waals surface area (Å²) in [4.78, 5) is 13.4. The molecule has 0 radical (unpaired) electrons. The van der Waals surface area contributed by atoms with Gasteiger partial charge in [0.1, 0.15) is 40.9 Å². The summed E-state index contributed by atoms with van der Waals surface area (Å²) in [6.45, 7) is 2.19. The third-order valence-electron chi connectivity index (χ3n) is 7.35. The molecule has 0 aliphatic carbocycles. The monoisotopic (exact) mass is 596 g/mol. The van der Waals surface area contributed by atoms with Gasteiger partial charge in [0.05, 0.1) is 27.2 Å². The molecule has 8 nitrogen and oxygen atoms in total. The quantitative estimate of drug-likeness (QED) is 0.280. The van der Waals surface area contributed by atoms with Crippen LogP contribution in [-0.4, -0.2) is 61.3 Å². The van der Waals surface area contributed by atoms with Crippen LogP contribution in [-0.2, 0) is 0 Å². The summed E-state index contributed by atoms with van der Waals surface area (Å²) in [6, 6.07) is 4.71. The molecular formula is C29H27ClF2N6O2S. The molecule has 4 aromatic rings. The van der Waals surface area contributed by atoms with Gasteiger partial charge in [-0.15, -0.1) is 11.3 Å². The number of ether oxygens (including phenoxy) is 2. The fourth-order valence-corrected chi connectivity index (χ4v) is 6.63. The molecule has 0 amide bonds. The lowest BCUT2D eigenvalue weighted by atomic mass is 9.96. The van der Waals surface area contributed by atoms with Gasteiger partial charge in [0.25, 0.3) is 0 Å². The molecule has 0 spiro atoms. The maximum atomic E-state index is 16.8. The van der Waals surface area contributed by atoms with Crippen molar-refractivity contribution in [1.29, 1.82) is 5.26 Å². The highest BCUT2D eigenvalue weighted by molar-refractivity contribution is 7.23. The van der Waals surface area contributed by atoms with E-state index in [1.54, 1.807) is 0 Å². The van der Waals surface area contributed by atoms with E-state index in [2.05, 4.69) is 22.0 Å². The first-order chi connectivity index (χ1) is 19.8. The number of hydrogen-bond donors (Lipinski definition) is 1. The van der Waals surface area contributed by atoms with Gasteiger partial charge < -0.3 is 25.0 Å². The van der Waals surface area contributed by atoms with Crippen LogP contribution in [0.1, 0.15) is 24.8 Å². The summed E-state index contributed by atoms with van der Waals surface area (Å²) >= 11 is 7.85. The lowest BCUT2D eigenvalue weighted by molar-refractivity contribution is 0.166. The lowest BCUT2D eigenvalue weighted by Crippen LogP contribution is -2.29. The zero-order valence-corrected chi connectivity index (χ0v) is 24.1. The van der Waals surface area contributed by atoms with Gasteiger partial charge in [-0.2, -0.15) is 15.2 Å². The fourth-order valence-electron chi connectivity index (χ4n) is 5.35. The molecule has 212 valence electrons. The second-order valence-electron chi connectivity index (χ2n) is 10.3. The number of fused-ring (bicyclic) bond motifs is 2. The summed E-state index contributed by atoms with van der Waals surface area (Å²) in [5.74, 6) is -0.594. The number of nitrogens with two attached hydrogens (primary N) is 1. The van der Waals surface area contributed by atoms with Crippen molar-refractivity contribution >= 4 is 54.7 Å². The molecule has 2 bridgehead atoms. The average molecular weight is 597 g/mol. The van der Waals surface area contributed by atoms with Gasteiger partial charge in [0, 0.05) is 30.5 Å². The highest BCUT2D eigenvalue weighted by Gasteiger charge is 2.32. The number of halogens is 3. The molecule has 2 N–H and O–H groups in total. The van der Waals surface area contributed by atoms with Crippen LogP contribution < -0.4 is 20.1 Å². The molecule has 0 saturated carbocycles. The Morgan fingerprint density at radius 3 is 2.83 bits per heavy atom. The molecule has 6 rings (SSSR count). The van der Waals surface area contributed by atoms with E-state index < -0.39 is 11.6 Å². The molecule has 0 saturated heterocycles. The highest BCUT2D eigenvalue weighted by Crippen LogP contribution is 2.50. The van der Waals surface area contributed by atoms with Crippen molar-refractivity contribution < 1.29 is 18.3 Å². The van der Waals surface area contributed by atoms with Crippen LogP contribution in [0.4, 0.5) is 19.6 Å². The Bertz CT molecular complexity index is 1750. The Morgan fingerprint density at radius 2 is 2.05 bits per heavy atom. The van der Waals surface area contributed by atoms with Crippen molar-refractivity contribution in [3.05, 3.63) is 46.5 Å². The van der Waals surface area contributed by atoms with E-state index in [9.17, 15) is 9.65 Å². The van der Waals surface area contributed by atoms with Gasteiger partial charge in [-0.1, -0.05) is 29.8 Å². The number of benzene rings is 2. The smallest absolute Gasteiger partial charge is 0.319 e. The third kappa shape index (κ3) is 4.80. The van der Waals surface area contributed by atoms with Crippen molar-refractivity contribution in [2.24, 2.45) is 0 Å². The summed E-state index contributed by atoms with van der Waals surface area (Å²) in [5.41, 5.74) is 6.27. The number of thiophene rings is 1. The number of anilines is 2. The van der Waals surface area contributed by atoms with Crippen LogP contribution in [0.2, 0.25) is 5.02 Å². The van der Waals surface area contributed by atoms with Crippen molar-refractivity contribution in [2.45, 2.75) is 25.4 Å². The Labute approximate surface area is 244 Å². The van der Waals surface area contributed by atoms with E-state index in [4.69, 9.17) is 31.8 Å². The molecule has 12 heteroatoms. The molecule has 4 heterocycles. The van der Waals surface area contributed by atoms with Gasteiger partial charge >= 0.3 is 6.01 Å². The number of hydrogen-bond acceptors (Lipinski definition) is 9. The maximum absolute atomic E-state index is 16.8. The Kier molecular flexibility index (Phi) is 7.32. The maximum Gasteiger partial charge on any atom is 0.319 e. The topological polar surface area (TPSA) is 101 Å². The van der Waals surface area contributed by atoms with E-state index in [1.165, 1.54) is 12.1 Å². The molecule has 41 heavy (non-hydrogen) atoms. The van der Waals surface area contributed by atoms with Crippen LogP contribution >= 0.6 is 22.9 Å². The molecule has 2 aliphatic rings. The van der Waals surface area contributed by atoms with Crippen LogP contribution in [0, 0.1) is 23.0 Å². The minimum Gasteiger partial charge on any atom is -0.489 e. The van der Waals surface area contributed by atoms with Crippen molar-refractivity contribution in [2.75, 3.05) is 51.0 Å². The number of aromatic nitrogens is 2. The van der Waals surface area contributed by atoms with E-state index in [-0.39, 0.29) is 66.8 Å². The van der Waals surface area contributed by atoms with E-state index in [0.717, 1.165) is 30.7 Å². The molecule has 2 aliphatic heterocycles.